The maximum absolute atomic E-state index is 11.5. The molecule has 1 rings (SSSR count). The first-order chi connectivity index (χ1) is 8.47. The average Bonchev–Trinajstić information content (AvgIpc) is 2.25. The van der Waals surface area contributed by atoms with Crippen LogP contribution in [0.25, 0.3) is 0 Å². The molecule has 0 saturated heterocycles. The minimum Gasteiger partial charge on any atom is -0.484 e. The van der Waals surface area contributed by atoms with Crippen LogP contribution in [0.15, 0.2) is 24.3 Å². The molecule has 18 heavy (non-hydrogen) atoms. The summed E-state index contributed by atoms with van der Waals surface area (Å²) >= 11 is 5.79. The highest BCUT2D eigenvalue weighted by Crippen LogP contribution is 2.16. The lowest BCUT2D eigenvalue weighted by molar-refractivity contribution is -0.123. The highest BCUT2D eigenvalue weighted by Gasteiger charge is 2.10. The monoisotopic (exact) mass is 271 g/mol. The number of hydrogen-bond acceptors (Lipinski definition) is 3. The molecule has 1 aromatic carbocycles. The van der Waals surface area contributed by atoms with Crippen LogP contribution in [0.5, 0.6) is 5.75 Å². The Morgan fingerprint density at radius 1 is 1.50 bits per heavy atom. The second-order valence-electron chi connectivity index (χ2n) is 4.30. The van der Waals surface area contributed by atoms with Crippen molar-refractivity contribution in [1.29, 1.82) is 0 Å². The maximum atomic E-state index is 11.5. The van der Waals surface area contributed by atoms with Crippen molar-refractivity contribution in [2.45, 2.75) is 32.4 Å². The summed E-state index contributed by atoms with van der Waals surface area (Å²) in [6.07, 6.45) is 0.0808. The molecule has 0 heterocycles. The van der Waals surface area contributed by atoms with Crippen LogP contribution in [0.4, 0.5) is 0 Å². The molecule has 0 aliphatic heterocycles. The summed E-state index contributed by atoms with van der Waals surface area (Å²) < 4.78 is 5.30. The molecule has 1 amide bonds. The zero-order chi connectivity index (χ0) is 13.5. The van der Waals surface area contributed by atoms with Gasteiger partial charge in [-0.1, -0.05) is 17.7 Å². The summed E-state index contributed by atoms with van der Waals surface area (Å²) in [5, 5.41) is 12.5. The summed E-state index contributed by atoms with van der Waals surface area (Å²) in [5.74, 6) is 0.337. The van der Waals surface area contributed by atoms with Crippen LogP contribution in [0.1, 0.15) is 20.3 Å². The third-order valence-electron chi connectivity index (χ3n) is 2.27. The summed E-state index contributed by atoms with van der Waals surface area (Å²) in [7, 11) is 0. The molecule has 1 aromatic rings. The number of amides is 1. The Labute approximate surface area is 112 Å². The van der Waals surface area contributed by atoms with Gasteiger partial charge in [-0.25, -0.2) is 0 Å². The van der Waals surface area contributed by atoms with E-state index in [-0.39, 0.29) is 18.6 Å². The van der Waals surface area contributed by atoms with Gasteiger partial charge in [0.05, 0.1) is 6.10 Å². The highest BCUT2D eigenvalue weighted by atomic mass is 35.5. The molecule has 0 bridgehead atoms. The third kappa shape index (κ3) is 5.89. The van der Waals surface area contributed by atoms with Crippen LogP contribution in [0, 0.1) is 0 Å². The zero-order valence-electron chi connectivity index (χ0n) is 10.5. The molecule has 5 heteroatoms. The van der Waals surface area contributed by atoms with Crippen molar-refractivity contribution in [3.63, 3.8) is 0 Å². The van der Waals surface area contributed by atoms with Crippen molar-refractivity contribution in [2.24, 2.45) is 0 Å². The number of rotatable bonds is 6. The SMILES string of the molecule is CC(O)CC(C)NC(=O)COc1cccc(Cl)c1. The first-order valence-corrected chi connectivity index (χ1v) is 6.21. The van der Waals surface area contributed by atoms with Crippen LogP contribution in [0.2, 0.25) is 5.02 Å². The summed E-state index contributed by atoms with van der Waals surface area (Å²) in [6, 6.07) is 6.79. The van der Waals surface area contributed by atoms with Gasteiger partial charge in [0.1, 0.15) is 5.75 Å². The van der Waals surface area contributed by atoms with Crippen LogP contribution >= 0.6 is 11.6 Å². The predicted molar refractivity (Wildman–Crippen MR) is 70.8 cm³/mol. The minimum absolute atomic E-state index is 0.0650. The second kappa shape index (κ2) is 7.24. The Bertz CT molecular complexity index is 396. The van der Waals surface area contributed by atoms with E-state index in [2.05, 4.69) is 5.32 Å². The Morgan fingerprint density at radius 2 is 2.22 bits per heavy atom. The Balaban J connectivity index is 2.33. The number of carbonyl (C=O) groups is 1. The summed E-state index contributed by atoms with van der Waals surface area (Å²) in [4.78, 5) is 11.5. The van der Waals surface area contributed by atoms with Gasteiger partial charge in [0.15, 0.2) is 6.61 Å². The van der Waals surface area contributed by atoms with E-state index in [1.54, 1.807) is 31.2 Å². The van der Waals surface area contributed by atoms with E-state index in [1.165, 1.54) is 0 Å². The van der Waals surface area contributed by atoms with Crippen molar-refractivity contribution < 1.29 is 14.6 Å². The Hall–Kier alpha value is -1.26. The number of carbonyl (C=O) groups excluding carboxylic acids is 1. The fourth-order valence-electron chi connectivity index (χ4n) is 1.59. The van der Waals surface area contributed by atoms with Gasteiger partial charge in [-0.2, -0.15) is 0 Å². The molecule has 0 fully saturated rings. The smallest absolute Gasteiger partial charge is 0.258 e. The molecule has 4 nitrogen and oxygen atoms in total. The van der Waals surface area contributed by atoms with E-state index >= 15 is 0 Å². The molecule has 2 atom stereocenters. The van der Waals surface area contributed by atoms with Crippen LogP contribution < -0.4 is 10.1 Å². The lowest BCUT2D eigenvalue weighted by atomic mass is 10.1. The van der Waals surface area contributed by atoms with E-state index < -0.39 is 6.10 Å². The van der Waals surface area contributed by atoms with Crippen LogP contribution in [0.3, 0.4) is 0 Å². The number of nitrogens with one attached hydrogen (secondary N) is 1. The van der Waals surface area contributed by atoms with E-state index in [0.717, 1.165) is 0 Å². The lowest BCUT2D eigenvalue weighted by Crippen LogP contribution is -2.37. The fourth-order valence-corrected chi connectivity index (χ4v) is 1.77. The molecule has 0 aliphatic rings. The van der Waals surface area contributed by atoms with Gasteiger partial charge in [-0.05, 0) is 38.5 Å². The van der Waals surface area contributed by atoms with E-state index in [1.807, 2.05) is 6.92 Å². The first kappa shape index (κ1) is 14.8. The Morgan fingerprint density at radius 3 is 2.83 bits per heavy atom. The molecule has 100 valence electrons. The zero-order valence-corrected chi connectivity index (χ0v) is 11.3. The number of hydrogen-bond donors (Lipinski definition) is 2. The molecule has 0 radical (unpaired) electrons. The van der Waals surface area contributed by atoms with E-state index in [4.69, 9.17) is 16.3 Å². The van der Waals surface area contributed by atoms with Gasteiger partial charge in [0.2, 0.25) is 0 Å². The first-order valence-electron chi connectivity index (χ1n) is 5.83. The number of aliphatic hydroxyl groups excluding tert-OH is 1. The molecule has 2 N–H and O–H groups in total. The van der Waals surface area contributed by atoms with Gasteiger partial charge in [-0.15, -0.1) is 0 Å². The molecule has 0 saturated carbocycles. The molecular weight excluding hydrogens is 254 g/mol. The molecular formula is C13H18ClNO3. The van der Waals surface area contributed by atoms with Crippen molar-refractivity contribution in [2.75, 3.05) is 6.61 Å². The summed E-state index contributed by atoms with van der Waals surface area (Å²) in [6.45, 7) is 3.46. The maximum Gasteiger partial charge on any atom is 0.258 e. The van der Waals surface area contributed by atoms with Gasteiger partial charge in [0, 0.05) is 11.1 Å². The molecule has 0 aromatic heterocycles. The lowest BCUT2D eigenvalue weighted by Gasteiger charge is -2.15. The van der Waals surface area contributed by atoms with Crippen molar-refractivity contribution >= 4 is 17.5 Å². The van der Waals surface area contributed by atoms with E-state index in [0.29, 0.717) is 17.2 Å². The van der Waals surface area contributed by atoms with Gasteiger partial charge >= 0.3 is 0 Å². The van der Waals surface area contributed by atoms with Crippen molar-refractivity contribution in [1.82, 2.24) is 5.32 Å². The normalized spacial score (nSPS) is 13.8. The van der Waals surface area contributed by atoms with Gasteiger partial charge < -0.3 is 15.2 Å². The van der Waals surface area contributed by atoms with Gasteiger partial charge in [0.25, 0.3) is 5.91 Å². The molecule has 2 unspecified atom stereocenters. The van der Waals surface area contributed by atoms with Crippen LogP contribution in [-0.4, -0.2) is 29.8 Å². The summed E-state index contributed by atoms with van der Waals surface area (Å²) in [5.41, 5.74) is 0. The number of aliphatic hydroxyl groups is 1. The number of halogens is 1. The van der Waals surface area contributed by atoms with Gasteiger partial charge in [-0.3, -0.25) is 4.79 Å². The Kier molecular flexibility index (Phi) is 5.95. The second-order valence-corrected chi connectivity index (χ2v) is 4.74. The number of benzene rings is 1. The molecule has 0 aliphatic carbocycles. The minimum atomic E-state index is -0.436. The molecule has 0 spiro atoms. The van der Waals surface area contributed by atoms with Crippen LogP contribution in [-0.2, 0) is 4.79 Å². The van der Waals surface area contributed by atoms with E-state index in [9.17, 15) is 9.90 Å². The third-order valence-corrected chi connectivity index (χ3v) is 2.50. The predicted octanol–water partition coefficient (Wildman–Crippen LogP) is 1.99. The van der Waals surface area contributed by atoms with Crippen molar-refractivity contribution in [3.8, 4) is 5.75 Å². The number of ether oxygens (including phenoxy) is 1. The fraction of sp³-hybridized carbons (Fsp3) is 0.462. The average molecular weight is 272 g/mol. The largest absolute Gasteiger partial charge is 0.484 e. The topological polar surface area (TPSA) is 58.6 Å². The quantitative estimate of drug-likeness (QED) is 0.832. The van der Waals surface area contributed by atoms with Crippen molar-refractivity contribution in [3.05, 3.63) is 29.3 Å². The standard InChI is InChI=1S/C13H18ClNO3/c1-9(6-10(2)16)15-13(17)8-18-12-5-3-4-11(14)7-12/h3-5,7,9-10,16H,6,8H2,1-2H3,(H,15,17). The highest BCUT2D eigenvalue weighted by molar-refractivity contribution is 6.30.